The van der Waals surface area contributed by atoms with E-state index in [9.17, 15) is 4.79 Å². The summed E-state index contributed by atoms with van der Waals surface area (Å²) in [6, 6.07) is 1.84. The summed E-state index contributed by atoms with van der Waals surface area (Å²) < 4.78 is 0. The van der Waals surface area contributed by atoms with Crippen molar-refractivity contribution in [3.63, 3.8) is 0 Å². The van der Waals surface area contributed by atoms with Crippen molar-refractivity contribution < 1.29 is 4.79 Å². The molecule has 1 aromatic heterocycles. The van der Waals surface area contributed by atoms with Gasteiger partial charge in [0.2, 0.25) is 5.91 Å². The highest BCUT2D eigenvalue weighted by Crippen LogP contribution is 2.30. The lowest BCUT2D eigenvalue weighted by Crippen LogP contribution is -2.30. The maximum absolute atomic E-state index is 12.0. The number of hydrogen-bond acceptors (Lipinski definition) is 3. The molecule has 1 aliphatic rings. The van der Waals surface area contributed by atoms with Crippen molar-refractivity contribution in [2.45, 2.75) is 52.5 Å². The summed E-state index contributed by atoms with van der Waals surface area (Å²) >= 11 is 0. The molecule has 0 radical (unpaired) electrons. The summed E-state index contributed by atoms with van der Waals surface area (Å²) in [7, 11) is 0. The van der Waals surface area contributed by atoms with Gasteiger partial charge in [-0.05, 0) is 25.3 Å². The summed E-state index contributed by atoms with van der Waals surface area (Å²) in [5.41, 5.74) is 0.869. The Morgan fingerprint density at radius 1 is 1.47 bits per heavy atom. The van der Waals surface area contributed by atoms with Crippen molar-refractivity contribution in [2.75, 3.05) is 0 Å². The molecule has 2 rings (SSSR count). The van der Waals surface area contributed by atoms with E-state index in [1.807, 2.05) is 19.9 Å². The monoisotopic (exact) mass is 261 g/mol. The third-order valence-electron chi connectivity index (χ3n) is 3.89. The van der Waals surface area contributed by atoms with Crippen molar-refractivity contribution in [1.29, 1.82) is 0 Å². The first-order valence-corrected chi connectivity index (χ1v) is 7.21. The number of aromatic nitrogens is 2. The first-order chi connectivity index (χ1) is 9.15. The van der Waals surface area contributed by atoms with Crippen LogP contribution in [0.3, 0.4) is 0 Å². The zero-order valence-corrected chi connectivity index (χ0v) is 11.9. The maximum Gasteiger partial charge on any atom is 0.223 e. The lowest BCUT2D eigenvalue weighted by molar-refractivity contribution is -0.125. The Labute approximate surface area is 115 Å². The Kier molecular flexibility index (Phi) is 4.88. The van der Waals surface area contributed by atoms with Crippen molar-refractivity contribution in [2.24, 2.45) is 11.8 Å². The lowest BCUT2D eigenvalue weighted by Gasteiger charge is -2.16. The van der Waals surface area contributed by atoms with Crippen LogP contribution in [-0.2, 0) is 11.3 Å². The minimum Gasteiger partial charge on any atom is -0.350 e. The third kappa shape index (κ3) is 4.30. The zero-order chi connectivity index (χ0) is 13.7. The van der Waals surface area contributed by atoms with Gasteiger partial charge in [-0.15, -0.1) is 0 Å². The first-order valence-electron chi connectivity index (χ1n) is 7.21. The Bertz CT molecular complexity index is 427. The largest absolute Gasteiger partial charge is 0.350 e. The van der Waals surface area contributed by atoms with Crippen molar-refractivity contribution in [1.82, 2.24) is 15.3 Å². The highest BCUT2D eigenvalue weighted by Gasteiger charge is 2.21. The van der Waals surface area contributed by atoms with Crippen molar-refractivity contribution in [3.05, 3.63) is 23.8 Å². The van der Waals surface area contributed by atoms with Gasteiger partial charge in [-0.2, -0.15) is 0 Å². The summed E-state index contributed by atoms with van der Waals surface area (Å²) in [5, 5.41) is 2.97. The number of aryl methyl sites for hydroxylation is 1. The molecule has 1 saturated carbocycles. The van der Waals surface area contributed by atoms with E-state index in [2.05, 4.69) is 15.3 Å². The number of amides is 1. The molecule has 1 amide bonds. The van der Waals surface area contributed by atoms with E-state index in [1.165, 1.54) is 25.7 Å². The average molecular weight is 261 g/mol. The Morgan fingerprint density at radius 2 is 2.21 bits per heavy atom. The van der Waals surface area contributed by atoms with Crippen LogP contribution in [0.2, 0.25) is 0 Å². The van der Waals surface area contributed by atoms with Gasteiger partial charge in [0.25, 0.3) is 0 Å². The fourth-order valence-corrected chi connectivity index (χ4v) is 2.81. The van der Waals surface area contributed by atoms with Gasteiger partial charge in [-0.1, -0.05) is 32.6 Å². The van der Waals surface area contributed by atoms with Crippen LogP contribution in [0.25, 0.3) is 0 Å². The quantitative estimate of drug-likeness (QED) is 0.886. The normalized spacial score (nSPS) is 17.4. The molecule has 1 aliphatic carbocycles. The molecule has 0 bridgehead atoms. The van der Waals surface area contributed by atoms with Gasteiger partial charge in [0, 0.05) is 12.1 Å². The number of hydrogen-bond donors (Lipinski definition) is 1. The maximum atomic E-state index is 12.0. The van der Waals surface area contributed by atoms with Gasteiger partial charge in [0.05, 0.1) is 12.2 Å². The van der Waals surface area contributed by atoms with Crippen LogP contribution in [0.15, 0.2) is 12.3 Å². The van der Waals surface area contributed by atoms with Crippen LogP contribution in [0, 0.1) is 18.8 Å². The van der Waals surface area contributed by atoms with Gasteiger partial charge in [0.1, 0.15) is 5.82 Å². The summed E-state index contributed by atoms with van der Waals surface area (Å²) in [6.07, 6.45) is 8.00. The third-order valence-corrected chi connectivity index (χ3v) is 3.89. The Balaban J connectivity index is 1.76. The number of carbonyl (C=O) groups excluding carboxylic acids is 1. The molecule has 4 nitrogen and oxygen atoms in total. The molecule has 1 heterocycles. The lowest BCUT2D eigenvalue weighted by atomic mass is 9.94. The van der Waals surface area contributed by atoms with Crippen LogP contribution in [0.1, 0.15) is 50.5 Å². The van der Waals surface area contributed by atoms with E-state index in [1.54, 1.807) is 6.20 Å². The SMILES string of the molecule is Cc1nccc(CNC(=O)C(C)CC2CCCC2)n1. The van der Waals surface area contributed by atoms with Crippen LogP contribution in [-0.4, -0.2) is 15.9 Å². The van der Waals surface area contributed by atoms with E-state index in [0.717, 1.165) is 23.9 Å². The molecular formula is C15H23N3O. The van der Waals surface area contributed by atoms with Crippen molar-refractivity contribution in [3.8, 4) is 0 Å². The second kappa shape index (κ2) is 6.64. The molecule has 0 aromatic carbocycles. The second-order valence-corrected chi connectivity index (χ2v) is 5.60. The zero-order valence-electron chi connectivity index (χ0n) is 11.9. The molecule has 1 unspecified atom stereocenters. The fraction of sp³-hybridized carbons (Fsp3) is 0.667. The van der Waals surface area contributed by atoms with E-state index in [0.29, 0.717) is 6.54 Å². The molecule has 1 atom stereocenters. The van der Waals surface area contributed by atoms with Gasteiger partial charge < -0.3 is 5.32 Å². The predicted octanol–water partition coefficient (Wildman–Crippen LogP) is 2.62. The summed E-state index contributed by atoms with van der Waals surface area (Å²) in [5.74, 6) is 1.74. The smallest absolute Gasteiger partial charge is 0.223 e. The molecule has 4 heteroatoms. The molecule has 0 spiro atoms. The van der Waals surface area contributed by atoms with Crippen LogP contribution in [0.5, 0.6) is 0 Å². The minimum absolute atomic E-state index is 0.103. The molecule has 19 heavy (non-hydrogen) atoms. The minimum atomic E-state index is 0.103. The highest BCUT2D eigenvalue weighted by atomic mass is 16.1. The van der Waals surface area contributed by atoms with Gasteiger partial charge >= 0.3 is 0 Å². The number of nitrogens with one attached hydrogen (secondary N) is 1. The molecule has 0 saturated heterocycles. The number of rotatable bonds is 5. The summed E-state index contributed by atoms with van der Waals surface area (Å²) in [6.45, 7) is 4.38. The van der Waals surface area contributed by atoms with Crippen LogP contribution in [0.4, 0.5) is 0 Å². The van der Waals surface area contributed by atoms with E-state index in [4.69, 9.17) is 0 Å². The van der Waals surface area contributed by atoms with E-state index in [-0.39, 0.29) is 11.8 Å². The molecular weight excluding hydrogens is 238 g/mol. The fourth-order valence-electron chi connectivity index (χ4n) is 2.81. The molecule has 1 aromatic rings. The predicted molar refractivity (Wildman–Crippen MR) is 74.4 cm³/mol. The van der Waals surface area contributed by atoms with Crippen LogP contribution >= 0.6 is 0 Å². The highest BCUT2D eigenvalue weighted by molar-refractivity contribution is 5.78. The Hall–Kier alpha value is -1.45. The number of carbonyl (C=O) groups is 1. The van der Waals surface area contributed by atoms with Gasteiger partial charge in [0.15, 0.2) is 0 Å². The van der Waals surface area contributed by atoms with Gasteiger partial charge in [-0.25, -0.2) is 9.97 Å². The van der Waals surface area contributed by atoms with Crippen molar-refractivity contribution >= 4 is 5.91 Å². The molecule has 104 valence electrons. The second-order valence-electron chi connectivity index (χ2n) is 5.60. The topological polar surface area (TPSA) is 54.9 Å². The van der Waals surface area contributed by atoms with Crippen LogP contribution < -0.4 is 5.32 Å². The standard InChI is InChI=1S/C15H23N3O/c1-11(9-13-5-3-4-6-13)15(19)17-10-14-7-8-16-12(2)18-14/h7-8,11,13H,3-6,9-10H2,1-2H3,(H,17,19). The first kappa shape index (κ1) is 14.0. The number of nitrogens with zero attached hydrogens (tertiary/aromatic N) is 2. The van der Waals surface area contributed by atoms with E-state index < -0.39 is 0 Å². The molecule has 0 aliphatic heterocycles. The van der Waals surface area contributed by atoms with E-state index >= 15 is 0 Å². The molecule has 1 N–H and O–H groups in total. The average Bonchev–Trinajstić information content (AvgIpc) is 2.89. The summed E-state index contributed by atoms with van der Waals surface area (Å²) in [4.78, 5) is 20.4. The molecule has 1 fully saturated rings. The Morgan fingerprint density at radius 3 is 2.89 bits per heavy atom. The van der Waals surface area contributed by atoms with Gasteiger partial charge in [-0.3, -0.25) is 4.79 Å².